The first-order chi connectivity index (χ1) is 6.25. The average Bonchev–Trinajstić information content (AvgIpc) is 2.03. The fraction of sp³-hybridized carbons (Fsp3) is 0.500. The molecule has 0 aliphatic heterocycles. The van der Waals surface area contributed by atoms with Crippen molar-refractivity contribution < 1.29 is 0 Å². The Morgan fingerprint density at radius 3 is 2.69 bits per heavy atom. The summed E-state index contributed by atoms with van der Waals surface area (Å²) in [7, 11) is 0. The molecular formula is C8H9Cl2N3. The Kier molecular flexibility index (Phi) is 2.56. The fourth-order valence-corrected chi connectivity index (χ4v) is 1.52. The van der Waals surface area contributed by atoms with Crippen molar-refractivity contribution >= 4 is 28.9 Å². The van der Waals surface area contributed by atoms with E-state index >= 15 is 0 Å². The summed E-state index contributed by atoms with van der Waals surface area (Å²) in [4.78, 5) is 0. The van der Waals surface area contributed by atoms with Gasteiger partial charge in [-0.05, 0) is 19.3 Å². The molecule has 1 fully saturated rings. The summed E-state index contributed by atoms with van der Waals surface area (Å²) >= 11 is 11.5. The third-order valence-electron chi connectivity index (χ3n) is 2.18. The van der Waals surface area contributed by atoms with E-state index in [9.17, 15) is 0 Å². The van der Waals surface area contributed by atoms with Gasteiger partial charge in [0.25, 0.3) is 0 Å². The molecule has 0 saturated heterocycles. The van der Waals surface area contributed by atoms with Crippen LogP contribution in [-0.2, 0) is 0 Å². The van der Waals surface area contributed by atoms with Gasteiger partial charge in [-0.2, -0.15) is 0 Å². The van der Waals surface area contributed by atoms with E-state index in [1.54, 1.807) is 6.07 Å². The van der Waals surface area contributed by atoms with Crippen LogP contribution in [0, 0.1) is 0 Å². The molecule has 70 valence electrons. The zero-order valence-electron chi connectivity index (χ0n) is 6.93. The highest BCUT2D eigenvalue weighted by Gasteiger charge is 2.18. The maximum Gasteiger partial charge on any atom is 0.174 e. The van der Waals surface area contributed by atoms with Crippen molar-refractivity contribution in [3.8, 4) is 0 Å². The molecular weight excluding hydrogens is 209 g/mol. The van der Waals surface area contributed by atoms with Gasteiger partial charge in [0, 0.05) is 12.1 Å². The van der Waals surface area contributed by atoms with Crippen LogP contribution in [-0.4, -0.2) is 16.2 Å². The number of hydrogen-bond acceptors (Lipinski definition) is 3. The van der Waals surface area contributed by atoms with E-state index in [-0.39, 0.29) is 0 Å². The minimum Gasteiger partial charge on any atom is -0.380 e. The lowest BCUT2D eigenvalue weighted by Gasteiger charge is -2.27. The minimum atomic E-state index is 0.367. The molecule has 5 heteroatoms. The van der Waals surface area contributed by atoms with Crippen LogP contribution in [0.4, 0.5) is 5.69 Å². The highest BCUT2D eigenvalue weighted by atomic mass is 35.5. The lowest BCUT2D eigenvalue weighted by atomic mass is 9.93. The van der Waals surface area contributed by atoms with Crippen LogP contribution in [0.15, 0.2) is 6.07 Å². The average molecular weight is 218 g/mol. The number of nitrogens with one attached hydrogen (secondary N) is 1. The number of aromatic nitrogens is 2. The highest BCUT2D eigenvalue weighted by molar-refractivity contribution is 6.33. The molecule has 13 heavy (non-hydrogen) atoms. The van der Waals surface area contributed by atoms with Crippen LogP contribution in [0.1, 0.15) is 19.3 Å². The number of rotatable bonds is 2. The van der Waals surface area contributed by atoms with Crippen LogP contribution in [0.3, 0.4) is 0 Å². The standard InChI is InChI=1S/C8H9Cl2N3/c9-7-4-6(8(10)13-12-7)11-5-2-1-3-5/h4-5H,1-3H2,(H,11,12). The Morgan fingerprint density at radius 2 is 2.08 bits per heavy atom. The van der Waals surface area contributed by atoms with E-state index in [1.807, 2.05) is 0 Å². The number of anilines is 1. The van der Waals surface area contributed by atoms with Crippen molar-refractivity contribution in [2.24, 2.45) is 0 Å². The zero-order valence-corrected chi connectivity index (χ0v) is 8.44. The Balaban J connectivity index is 2.13. The third-order valence-corrected chi connectivity index (χ3v) is 2.65. The maximum atomic E-state index is 5.83. The van der Waals surface area contributed by atoms with E-state index in [4.69, 9.17) is 23.2 Å². The lowest BCUT2D eigenvalue weighted by molar-refractivity contribution is 0.445. The Morgan fingerprint density at radius 1 is 1.31 bits per heavy atom. The lowest BCUT2D eigenvalue weighted by Crippen LogP contribution is -2.27. The number of nitrogens with zero attached hydrogens (tertiary/aromatic N) is 2. The van der Waals surface area contributed by atoms with Gasteiger partial charge in [-0.1, -0.05) is 23.2 Å². The van der Waals surface area contributed by atoms with Crippen LogP contribution in [0.5, 0.6) is 0 Å². The summed E-state index contributed by atoms with van der Waals surface area (Å²) < 4.78 is 0. The predicted molar refractivity (Wildman–Crippen MR) is 53.3 cm³/mol. The summed E-state index contributed by atoms with van der Waals surface area (Å²) in [5, 5.41) is 11.4. The highest BCUT2D eigenvalue weighted by Crippen LogP contribution is 2.27. The Hall–Kier alpha value is -0.540. The van der Waals surface area contributed by atoms with Crippen molar-refractivity contribution in [1.29, 1.82) is 0 Å². The van der Waals surface area contributed by atoms with Gasteiger partial charge in [0.15, 0.2) is 10.3 Å². The van der Waals surface area contributed by atoms with Crippen LogP contribution >= 0.6 is 23.2 Å². The van der Waals surface area contributed by atoms with Crippen molar-refractivity contribution in [3.63, 3.8) is 0 Å². The monoisotopic (exact) mass is 217 g/mol. The van der Waals surface area contributed by atoms with Gasteiger partial charge >= 0.3 is 0 Å². The quantitative estimate of drug-likeness (QED) is 0.829. The zero-order chi connectivity index (χ0) is 9.26. The molecule has 1 aromatic heterocycles. The van der Waals surface area contributed by atoms with Gasteiger partial charge in [-0.15, -0.1) is 10.2 Å². The summed E-state index contributed by atoms with van der Waals surface area (Å²) in [5.41, 5.74) is 0.784. The number of hydrogen-bond donors (Lipinski definition) is 1. The molecule has 0 spiro atoms. The molecule has 1 heterocycles. The second-order valence-corrected chi connectivity index (χ2v) is 3.89. The summed E-state index contributed by atoms with van der Waals surface area (Å²) in [6, 6.07) is 2.23. The normalized spacial score (nSPS) is 16.8. The van der Waals surface area contributed by atoms with E-state index in [1.165, 1.54) is 19.3 Å². The molecule has 1 aliphatic carbocycles. The second kappa shape index (κ2) is 3.68. The van der Waals surface area contributed by atoms with E-state index in [2.05, 4.69) is 15.5 Å². The molecule has 0 radical (unpaired) electrons. The van der Waals surface area contributed by atoms with Crippen LogP contribution in [0.2, 0.25) is 10.3 Å². The molecule has 3 nitrogen and oxygen atoms in total. The predicted octanol–water partition coefficient (Wildman–Crippen LogP) is 2.75. The van der Waals surface area contributed by atoms with E-state index < -0.39 is 0 Å². The van der Waals surface area contributed by atoms with E-state index in [0.717, 1.165) is 5.69 Å². The van der Waals surface area contributed by atoms with Crippen molar-refractivity contribution in [2.75, 3.05) is 5.32 Å². The summed E-state index contributed by atoms with van der Waals surface area (Å²) in [6.07, 6.45) is 3.66. The molecule has 1 aromatic rings. The van der Waals surface area contributed by atoms with Crippen molar-refractivity contribution in [1.82, 2.24) is 10.2 Å². The van der Waals surface area contributed by atoms with Gasteiger partial charge < -0.3 is 5.32 Å². The van der Waals surface area contributed by atoms with E-state index in [0.29, 0.717) is 16.3 Å². The first kappa shape index (κ1) is 9.03. The molecule has 1 N–H and O–H groups in total. The molecule has 0 unspecified atom stereocenters. The fourth-order valence-electron chi connectivity index (χ4n) is 1.23. The van der Waals surface area contributed by atoms with Crippen LogP contribution in [0.25, 0.3) is 0 Å². The van der Waals surface area contributed by atoms with Crippen molar-refractivity contribution in [3.05, 3.63) is 16.4 Å². The summed E-state index contributed by atoms with van der Waals surface area (Å²) in [6.45, 7) is 0. The largest absolute Gasteiger partial charge is 0.380 e. The molecule has 2 rings (SSSR count). The van der Waals surface area contributed by atoms with Gasteiger partial charge in [-0.3, -0.25) is 0 Å². The molecule has 0 amide bonds. The number of halogens is 2. The molecule has 1 saturated carbocycles. The van der Waals surface area contributed by atoms with Crippen molar-refractivity contribution in [2.45, 2.75) is 25.3 Å². The van der Waals surface area contributed by atoms with Gasteiger partial charge in [0.2, 0.25) is 0 Å². The summed E-state index contributed by atoms with van der Waals surface area (Å²) in [5.74, 6) is 0. The van der Waals surface area contributed by atoms with Crippen LogP contribution < -0.4 is 5.32 Å². The molecule has 0 bridgehead atoms. The van der Waals surface area contributed by atoms with Gasteiger partial charge in [0.1, 0.15) is 0 Å². The SMILES string of the molecule is Clc1cc(NC2CCC2)c(Cl)nn1. The van der Waals surface area contributed by atoms with Gasteiger partial charge in [0.05, 0.1) is 5.69 Å². The molecule has 1 aliphatic rings. The first-order valence-electron chi connectivity index (χ1n) is 4.21. The Bertz CT molecular complexity index is 312. The first-order valence-corrected chi connectivity index (χ1v) is 4.96. The maximum absolute atomic E-state index is 5.83. The minimum absolute atomic E-state index is 0.367. The topological polar surface area (TPSA) is 37.8 Å². The molecule has 0 atom stereocenters. The smallest absolute Gasteiger partial charge is 0.174 e. The second-order valence-electron chi connectivity index (χ2n) is 3.14. The third kappa shape index (κ3) is 2.03. The Labute approximate surface area is 86.4 Å². The molecule has 0 aromatic carbocycles. The van der Waals surface area contributed by atoms with Gasteiger partial charge in [-0.25, -0.2) is 0 Å².